The van der Waals surface area contributed by atoms with Gasteiger partial charge in [0, 0.05) is 16.0 Å². The molecule has 0 bridgehead atoms. The molecule has 0 aliphatic heterocycles. The summed E-state index contributed by atoms with van der Waals surface area (Å²) in [7, 11) is 0. The first-order chi connectivity index (χ1) is 11.9. The van der Waals surface area contributed by atoms with E-state index in [1.807, 2.05) is 0 Å². The highest BCUT2D eigenvalue weighted by Crippen LogP contribution is 2.34. The first-order valence-corrected chi connectivity index (χ1v) is 8.47. The van der Waals surface area contributed by atoms with E-state index in [0.29, 0.717) is 16.7 Å². The number of carbonyl (C=O) groups is 2. The molecule has 0 saturated carbocycles. The molecule has 7 heteroatoms. The normalized spacial score (nSPS) is 10.4. The highest BCUT2D eigenvalue weighted by Gasteiger charge is 2.19. The van der Waals surface area contributed by atoms with Gasteiger partial charge in [0.1, 0.15) is 5.82 Å². The molecule has 0 radical (unpaired) electrons. The van der Waals surface area contributed by atoms with Crippen molar-refractivity contribution in [3.8, 4) is 11.1 Å². The lowest BCUT2D eigenvalue weighted by Crippen LogP contribution is -1.96. The van der Waals surface area contributed by atoms with Crippen molar-refractivity contribution in [3.63, 3.8) is 0 Å². The maximum absolute atomic E-state index is 14.3. The van der Waals surface area contributed by atoms with E-state index in [-0.39, 0.29) is 21.1 Å². The highest BCUT2D eigenvalue weighted by atomic mass is 32.2. The lowest BCUT2D eigenvalue weighted by atomic mass is 10.0. The molecule has 0 atom stereocenters. The largest absolute Gasteiger partial charge is 0.282 e. The molecule has 0 aromatic heterocycles. The Morgan fingerprint density at radius 1 is 0.840 bits per heavy atom. The smallest absolute Gasteiger partial charge is 0.216 e. The first kappa shape index (κ1) is 19.1. The molecule has 0 N–H and O–H groups in total. The van der Waals surface area contributed by atoms with Crippen LogP contribution >= 0.6 is 23.5 Å². The minimum Gasteiger partial charge on any atom is -0.282 e. The summed E-state index contributed by atoms with van der Waals surface area (Å²) < 4.78 is 42.6. The number of benzene rings is 2. The number of hydrogen-bond acceptors (Lipinski definition) is 4. The van der Waals surface area contributed by atoms with Crippen LogP contribution < -0.4 is 0 Å². The zero-order valence-corrected chi connectivity index (χ0v) is 14.4. The monoisotopic (exact) mass is 380 g/mol. The molecule has 2 rings (SSSR count). The third-order valence-corrected chi connectivity index (χ3v) is 4.80. The van der Waals surface area contributed by atoms with Gasteiger partial charge in [0.15, 0.2) is 11.6 Å². The van der Waals surface area contributed by atoms with Gasteiger partial charge in [0.05, 0.1) is 4.90 Å². The first-order valence-electron chi connectivity index (χ1n) is 6.83. The van der Waals surface area contributed by atoms with Gasteiger partial charge in [-0.15, -0.1) is 0 Å². The summed E-state index contributed by atoms with van der Waals surface area (Å²) in [5, 5.41) is -0.900. The molecular formula is C18H11F3O2S2. The minimum atomic E-state index is -1.26. The molecule has 128 valence electrons. The molecule has 0 unspecified atom stereocenters. The van der Waals surface area contributed by atoms with Crippen LogP contribution in [0.4, 0.5) is 13.2 Å². The van der Waals surface area contributed by atoms with Crippen LogP contribution in [-0.2, 0) is 9.59 Å². The Labute approximate surface area is 150 Å². The number of rotatable bonds is 5. The number of carbonyl (C=O) groups excluding carboxylic acids is 2. The van der Waals surface area contributed by atoms with E-state index in [1.54, 1.807) is 0 Å². The molecule has 0 heterocycles. The van der Waals surface area contributed by atoms with Crippen LogP contribution in [0.2, 0.25) is 0 Å². The maximum Gasteiger partial charge on any atom is 0.216 e. The molecule has 0 aliphatic carbocycles. The van der Waals surface area contributed by atoms with E-state index in [2.05, 4.69) is 13.2 Å². The second kappa shape index (κ2) is 8.22. The summed E-state index contributed by atoms with van der Waals surface area (Å²) in [6, 6.07) is 6.13. The van der Waals surface area contributed by atoms with Crippen molar-refractivity contribution in [3.05, 3.63) is 73.1 Å². The molecule has 0 aliphatic rings. The Kier molecular flexibility index (Phi) is 6.27. The SMILES string of the molecule is C=CC(=O)Sc1ccc(-c2ccc(SC(=O)C=C)c(F)c2F)c(F)c1. The van der Waals surface area contributed by atoms with Gasteiger partial charge in [0.25, 0.3) is 0 Å². The third-order valence-electron chi connectivity index (χ3n) is 3.04. The van der Waals surface area contributed by atoms with Crippen LogP contribution in [0.3, 0.4) is 0 Å². The van der Waals surface area contributed by atoms with Gasteiger partial charge in [-0.25, -0.2) is 13.2 Å². The van der Waals surface area contributed by atoms with Gasteiger partial charge < -0.3 is 0 Å². The van der Waals surface area contributed by atoms with Crippen molar-refractivity contribution >= 4 is 33.8 Å². The second-order valence-electron chi connectivity index (χ2n) is 4.63. The van der Waals surface area contributed by atoms with Crippen molar-refractivity contribution in [1.82, 2.24) is 0 Å². The maximum atomic E-state index is 14.3. The Hall–Kier alpha value is -2.25. The fourth-order valence-corrected chi connectivity index (χ4v) is 3.13. The van der Waals surface area contributed by atoms with Crippen LogP contribution in [0.5, 0.6) is 0 Å². The lowest BCUT2D eigenvalue weighted by Gasteiger charge is -2.09. The van der Waals surface area contributed by atoms with Gasteiger partial charge in [-0.2, -0.15) is 0 Å². The summed E-state index contributed by atoms with van der Waals surface area (Å²) in [5.41, 5.74) is -0.435. The molecule has 0 amide bonds. The van der Waals surface area contributed by atoms with Crippen LogP contribution in [0, 0.1) is 17.5 Å². The third kappa shape index (κ3) is 4.43. The highest BCUT2D eigenvalue weighted by molar-refractivity contribution is 8.14. The Balaban J connectivity index is 2.40. The van der Waals surface area contributed by atoms with Crippen LogP contribution in [0.1, 0.15) is 0 Å². The van der Waals surface area contributed by atoms with Crippen molar-refractivity contribution in [1.29, 1.82) is 0 Å². The van der Waals surface area contributed by atoms with Crippen LogP contribution in [0.15, 0.2) is 65.4 Å². The van der Waals surface area contributed by atoms with Gasteiger partial charge in [0.2, 0.25) is 10.2 Å². The van der Waals surface area contributed by atoms with E-state index in [0.717, 1.165) is 30.0 Å². The summed E-state index contributed by atoms with van der Waals surface area (Å²) in [5.74, 6) is -3.30. The Morgan fingerprint density at radius 3 is 2.04 bits per heavy atom. The minimum absolute atomic E-state index is 0.154. The van der Waals surface area contributed by atoms with Gasteiger partial charge in [-0.1, -0.05) is 19.2 Å². The average molecular weight is 380 g/mol. The predicted molar refractivity (Wildman–Crippen MR) is 93.9 cm³/mol. The molecule has 0 saturated heterocycles. The van der Waals surface area contributed by atoms with Crippen molar-refractivity contribution in [2.75, 3.05) is 0 Å². The number of halogens is 3. The van der Waals surface area contributed by atoms with E-state index < -0.39 is 22.6 Å². The molecular weight excluding hydrogens is 369 g/mol. The molecule has 0 fully saturated rings. The average Bonchev–Trinajstić information content (AvgIpc) is 2.59. The molecule has 0 spiro atoms. The fourth-order valence-electron chi connectivity index (χ4n) is 1.90. The zero-order chi connectivity index (χ0) is 18.6. The number of thioether (sulfide) groups is 2. The van der Waals surface area contributed by atoms with Crippen molar-refractivity contribution in [2.24, 2.45) is 0 Å². The van der Waals surface area contributed by atoms with Gasteiger partial charge in [-0.3, -0.25) is 9.59 Å². The Morgan fingerprint density at radius 2 is 1.44 bits per heavy atom. The topological polar surface area (TPSA) is 34.1 Å². The second-order valence-corrected chi connectivity index (χ2v) is 6.76. The molecule has 2 nitrogen and oxygen atoms in total. The molecule has 25 heavy (non-hydrogen) atoms. The van der Waals surface area contributed by atoms with Crippen molar-refractivity contribution < 1.29 is 22.8 Å². The van der Waals surface area contributed by atoms with E-state index in [4.69, 9.17) is 0 Å². The van der Waals surface area contributed by atoms with Crippen molar-refractivity contribution in [2.45, 2.75) is 9.79 Å². The predicted octanol–water partition coefficient (Wildman–Crippen LogP) is 5.38. The summed E-state index contributed by atoms with van der Waals surface area (Å²) in [6.45, 7) is 6.57. The lowest BCUT2D eigenvalue weighted by molar-refractivity contribution is -0.107. The van der Waals surface area contributed by atoms with Crippen LogP contribution in [-0.4, -0.2) is 10.2 Å². The summed E-state index contributed by atoms with van der Waals surface area (Å²) in [4.78, 5) is 22.6. The van der Waals surface area contributed by atoms with E-state index in [9.17, 15) is 22.8 Å². The number of hydrogen-bond donors (Lipinski definition) is 0. The molecule has 2 aromatic rings. The standard InChI is InChI=1S/C18H11F3O2S2/c1-3-15(22)24-10-5-6-11(13(19)9-10)12-7-8-14(18(21)17(12)20)25-16(23)4-2/h3-9H,1-2H2. The fraction of sp³-hybridized carbons (Fsp3) is 0. The quantitative estimate of drug-likeness (QED) is 0.515. The van der Waals surface area contributed by atoms with E-state index in [1.165, 1.54) is 24.3 Å². The van der Waals surface area contributed by atoms with E-state index >= 15 is 0 Å². The Bertz CT molecular complexity index is 879. The zero-order valence-electron chi connectivity index (χ0n) is 12.7. The van der Waals surface area contributed by atoms with Gasteiger partial charge in [-0.05, 0) is 59.9 Å². The summed E-state index contributed by atoms with van der Waals surface area (Å²) in [6.07, 6.45) is 2.07. The summed E-state index contributed by atoms with van der Waals surface area (Å²) >= 11 is 1.25. The van der Waals surface area contributed by atoms with Crippen LogP contribution in [0.25, 0.3) is 11.1 Å². The molecule has 2 aromatic carbocycles. The van der Waals surface area contributed by atoms with Gasteiger partial charge >= 0.3 is 0 Å².